The summed E-state index contributed by atoms with van der Waals surface area (Å²) >= 11 is 1.68. The number of ether oxygens (including phenoxy) is 1. The standard InChI is InChI=1S/C19H29N5OS.HI/c1-6-20-19(23-11-18-24-16(12-26-18)13(2)3)22-10-15-7-8-17(21-9-15)25-14(4)5;/h7-9,12-14H,6,10-11H2,1-5H3,(H2,20,22,23);1H. The molecule has 0 amide bonds. The fraction of sp³-hybridized carbons (Fsp3) is 0.526. The van der Waals surface area contributed by atoms with Crippen molar-refractivity contribution < 1.29 is 4.74 Å². The van der Waals surface area contributed by atoms with E-state index < -0.39 is 0 Å². The molecule has 2 heterocycles. The van der Waals surface area contributed by atoms with E-state index in [9.17, 15) is 0 Å². The van der Waals surface area contributed by atoms with Gasteiger partial charge in [0.15, 0.2) is 5.96 Å². The first-order chi connectivity index (χ1) is 12.5. The van der Waals surface area contributed by atoms with E-state index >= 15 is 0 Å². The van der Waals surface area contributed by atoms with E-state index in [4.69, 9.17) is 4.74 Å². The van der Waals surface area contributed by atoms with Crippen molar-refractivity contribution in [1.82, 2.24) is 20.6 Å². The van der Waals surface area contributed by atoms with Crippen LogP contribution < -0.4 is 15.4 Å². The molecule has 0 radical (unpaired) electrons. The Bertz CT molecular complexity index is 700. The van der Waals surface area contributed by atoms with Gasteiger partial charge in [0.25, 0.3) is 0 Å². The van der Waals surface area contributed by atoms with Gasteiger partial charge in [-0.3, -0.25) is 0 Å². The summed E-state index contributed by atoms with van der Waals surface area (Å²) < 4.78 is 5.56. The number of pyridine rings is 1. The molecule has 0 aliphatic rings. The number of rotatable bonds is 8. The van der Waals surface area contributed by atoms with Gasteiger partial charge in [0.2, 0.25) is 5.88 Å². The largest absolute Gasteiger partial charge is 0.475 e. The molecule has 6 nitrogen and oxygen atoms in total. The number of hydrogen-bond donors (Lipinski definition) is 2. The van der Waals surface area contributed by atoms with Crippen LogP contribution in [-0.2, 0) is 13.1 Å². The third-order valence-electron chi connectivity index (χ3n) is 3.49. The minimum absolute atomic E-state index is 0. The van der Waals surface area contributed by atoms with Gasteiger partial charge in [-0.25, -0.2) is 15.0 Å². The topological polar surface area (TPSA) is 71.4 Å². The molecule has 150 valence electrons. The van der Waals surface area contributed by atoms with Crippen LogP contribution in [0.3, 0.4) is 0 Å². The van der Waals surface area contributed by atoms with E-state index in [0.717, 1.165) is 28.8 Å². The molecule has 0 fully saturated rings. The van der Waals surface area contributed by atoms with E-state index in [1.165, 1.54) is 0 Å². The number of guanidine groups is 1. The molecular weight excluding hydrogens is 473 g/mol. The van der Waals surface area contributed by atoms with Crippen LogP contribution in [0, 0.1) is 0 Å². The third kappa shape index (κ3) is 8.42. The number of aliphatic imine (C=N–C) groups is 1. The zero-order valence-corrected chi connectivity index (χ0v) is 19.8. The summed E-state index contributed by atoms with van der Waals surface area (Å²) in [6, 6.07) is 3.88. The Morgan fingerprint density at radius 3 is 2.56 bits per heavy atom. The highest BCUT2D eigenvalue weighted by atomic mass is 127. The first-order valence-corrected chi connectivity index (χ1v) is 9.94. The highest BCUT2D eigenvalue weighted by Crippen LogP contribution is 2.17. The average molecular weight is 503 g/mol. The zero-order chi connectivity index (χ0) is 18.9. The lowest BCUT2D eigenvalue weighted by Crippen LogP contribution is -2.36. The predicted molar refractivity (Wildman–Crippen MR) is 123 cm³/mol. The van der Waals surface area contributed by atoms with Crippen LogP contribution in [-0.4, -0.2) is 28.6 Å². The summed E-state index contributed by atoms with van der Waals surface area (Å²) in [5, 5.41) is 9.79. The Kier molecular flexibility index (Phi) is 10.6. The smallest absolute Gasteiger partial charge is 0.213 e. The Balaban J connectivity index is 0.00000364. The van der Waals surface area contributed by atoms with Crippen LogP contribution in [0.15, 0.2) is 28.7 Å². The van der Waals surface area contributed by atoms with Crippen molar-refractivity contribution in [2.45, 2.75) is 59.7 Å². The molecule has 0 unspecified atom stereocenters. The number of nitrogens with zero attached hydrogens (tertiary/aromatic N) is 3. The van der Waals surface area contributed by atoms with Crippen LogP contribution in [0.25, 0.3) is 0 Å². The van der Waals surface area contributed by atoms with Gasteiger partial charge in [0, 0.05) is 24.2 Å². The molecule has 8 heteroatoms. The number of nitrogens with one attached hydrogen (secondary N) is 2. The van der Waals surface area contributed by atoms with Crippen molar-refractivity contribution in [3.05, 3.63) is 40.0 Å². The fourth-order valence-electron chi connectivity index (χ4n) is 2.16. The van der Waals surface area contributed by atoms with Crippen LogP contribution in [0.2, 0.25) is 0 Å². The van der Waals surface area contributed by atoms with Crippen molar-refractivity contribution >= 4 is 41.3 Å². The molecule has 0 bridgehead atoms. The molecule has 2 N–H and O–H groups in total. The molecule has 2 rings (SSSR count). The first kappa shape index (κ1) is 23.6. The lowest BCUT2D eigenvalue weighted by atomic mass is 10.2. The second kappa shape index (κ2) is 12.1. The van der Waals surface area contributed by atoms with E-state index in [0.29, 0.717) is 24.9 Å². The molecule has 0 aliphatic carbocycles. The molecule has 2 aromatic rings. The minimum atomic E-state index is 0. The quantitative estimate of drug-likeness (QED) is 0.319. The SMILES string of the molecule is CCNC(=NCc1ccc(OC(C)C)nc1)NCc1nc(C(C)C)cs1.I. The van der Waals surface area contributed by atoms with Crippen molar-refractivity contribution in [2.75, 3.05) is 6.54 Å². The maximum absolute atomic E-state index is 5.56. The second-order valence-electron chi connectivity index (χ2n) is 6.54. The zero-order valence-electron chi connectivity index (χ0n) is 16.7. The summed E-state index contributed by atoms with van der Waals surface area (Å²) in [5.41, 5.74) is 2.18. The van der Waals surface area contributed by atoms with Crippen LogP contribution in [0.4, 0.5) is 0 Å². The van der Waals surface area contributed by atoms with Crippen molar-refractivity contribution in [1.29, 1.82) is 0 Å². The van der Waals surface area contributed by atoms with E-state index in [2.05, 4.69) is 51.7 Å². The van der Waals surface area contributed by atoms with Crippen LogP contribution >= 0.6 is 35.3 Å². The summed E-state index contributed by atoms with van der Waals surface area (Å²) in [4.78, 5) is 13.6. The van der Waals surface area contributed by atoms with Gasteiger partial charge in [0.1, 0.15) is 5.01 Å². The molecule has 0 aliphatic heterocycles. The third-order valence-corrected chi connectivity index (χ3v) is 4.35. The highest BCUT2D eigenvalue weighted by molar-refractivity contribution is 14.0. The van der Waals surface area contributed by atoms with Crippen molar-refractivity contribution in [3.8, 4) is 5.88 Å². The van der Waals surface area contributed by atoms with Crippen molar-refractivity contribution in [2.24, 2.45) is 4.99 Å². The number of thiazole rings is 1. The van der Waals surface area contributed by atoms with Gasteiger partial charge in [-0.2, -0.15) is 0 Å². The first-order valence-electron chi connectivity index (χ1n) is 9.06. The molecule has 0 spiro atoms. The monoisotopic (exact) mass is 503 g/mol. The highest BCUT2D eigenvalue weighted by Gasteiger charge is 2.06. The van der Waals surface area contributed by atoms with Gasteiger partial charge in [0.05, 0.1) is 24.9 Å². The van der Waals surface area contributed by atoms with E-state index in [1.807, 2.05) is 26.0 Å². The number of aromatic nitrogens is 2. The van der Waals surface area contributed by atoms with Gasteiger partial charge in [-0.05, 0) is 32.3 Å². The lowest BCUT2D eigenvalue weighted by molar-refractivity contribution is 0.232. The predicted octanol–water partition coefficient (Wildman–Crippen LogP) is 4.32. The van der Waals surface area contributed by atoms with Crippen LogP contribution in [0.1, 0.15) is 56.8 Å². The number of hydrogen-bond acceptors (Lipinski definition) is 5. The molecule has 0 saturated carbocycles. The fourth-order valence-corrected chi connectivity index (χ4v) is 3.05. The Morgan fingerprint density at radius 2 is 2.00 bits per heavy atom. The van der Waals surface area contributed by atoms with Crippen LogP contribution in [0.5, 0.6) is 5.88 Å². The van der Waals surface area contributed by atoms with E-state index in [-0.39, 0.29) is 30.1 Å². The summed E-state index contributed by atoms with van der Waals surface area (Å²) in [5.74, 6) is 1.87. The Labute approximate surface area is 183 Å². The van der Waals surface area contributed by atoms with Gasteiger partial charge in [-0.15, -0.1) is 35.3 Å². The van der Waals surface area contributed by atoms with E-state index in [1.54, 1.807) is 17.5 Å². The molecule has 27 heavy (non-hydrogen) atoms. The molecule has 0 aromatic carbocycles. The normalized spacial score (nSPS) is 11.4. The lowest BCUT2D eigenvalue weighted by Gasteiger charge is -2.11. The molecule has 0 saturated heterocycles. The van der Waals surface area contributed by atoms with Crippen molar-refractivity contribution in [3.63, 3.8) is 0 Å². The van der Waals surface area contributed by atoms with Gasteiger partial charge >= 0.3 is 0 Å². The molecule has 2 aromatic heterocycles. The summed E-state index contributed by atoms with van der Waals surface area (Å²) in [6.07, 6.45) is 1.93. The van der Waals surface area contributed by atoms with Gasteiger partial charge < -0.3 is 15.4 Å². The molecule has 0 atom stereocenters. The Morgan fingerprint density at radius 1 is 1.22 bits per heavy atom. The number of halogens is 1. The summed E-state index contributed by atoms with van der Waals surface area (Å²) in [7, 11) is 0. The van der Waals surface area contributed by atoms with Gasteiger partial charge in [-0.1, -0.05) is 19.9 Å². The average Bonchev–Trinajstić information content (AvgIpc) is 3.07. The Hall–Kier alpha value is -1.42. The maximum Gasteiger partial charge on any atom is 0.213 e. The second-order valence-corrected chi connectivity index (χ2v) is 7.48. The maximum atomic E-state index is 5.56. The molecular formula is C19H30IN5OS. The summed E-state index contributed by atoms with van der Waals surface area (Å²) in [6.45, 7) is 12.4. The minimum Gasteiger partial charge on any atom is -0.475 e.